The molecule has 5 heteroatoms. The SMILES string of the molecule is O=C(Cl)c1cc(-c2ccc(Cl)cc2)on1. The van der Waals surface area contributed by atoms with E-state index in [0.717, 1.165) is 5.56 Å². The molecule has 0 aliphatic rings. The van der Waals surface area contributed by atoms with Crippen molar-refractivity contribution in [1.82, 2.24) is 5.16 Å². The first-order chi connectivity index (χ1) is 7.16. The van der Waals surface area contributed by atoms with Crippen LogP contribution in [0, 0.1) is 0 Å². The van der Waals surface area contributed by atoms with Crippen LogP contribution in [0.5, 0.6) is 0 Å². The van der Waals surface area contributed by atoms with Gasteiger partial charge in [0.1, 0.15) is 0 Å². The summed E-state index contributed by atoms with van der Waals surface area (Å²) in [6, 6.07) is 8.47. The summed E-state index contributed by atoms with van der Waals surface area (Å²) < 4.78 is 4.95. The second-order valence-electron chi connectivity index (χ2n) is 2.86. The fraction of sp³-hybridized carbons (Fsp3) is 0. The van der Waals surface area contributed by atoms with Gasteiger partial charge in [-0.2, -0.15) is 0 Å². The maximum atomic E-state index is 10.8. The van der Waals surface area contributed by atoms with Crippen molar-refractivity contribution in [2.24, 2.45) is 0 Å². The Labute approximate surface area is 95.6 Å². The maximum Gasteiger partial charge on any atom is 0.274 e. The van der Waals surface area contributed by atoms with Gasteiger partial charge in [0.2, 0.25) is 0 Å². The third-order valence-corrected chi connectivity index (χ3v) is 2.29. The summed E-state index contributed by atoms with van der Waals surface area (Å²) in [7, 11) is 0. The Balaban J connectivity index is 2.37. The van der Waals surface area contributed by atoms with Gasteiger partial charge < -0.3 is 4.52 Å². The largest absolute Gasteiger partial charge is 0.356 e. The predicted molar refractivity (Wildman–Crippen MR) is 57.1 cm³/mol. The number of carbonyl (C=O) groups excluding carboxylic acids is 1. The first-order valence-corrected chi connectivity index (χ1v) is 4.85. The molecule has 0 spiro atoms. The van der Waals surface area contributed by atoms with E-state index in [2.05, 4.69) is 5.16 Å². The van der Waals surface area contributed by atoms with E-state index in [9.17, 15) is 4.79 Å². The van der Waals surface area contributed by atoms with Crippen molar-refractivity contribution in [2.45, 2.75) is 0 Å². The summed E-state index contributed by atoms with van der Waals surface area (Å²) >= 11 is 11.0. The van der Waals surface area contributed by atoms with Gasteiger partial charge in [0.25, 0.3) is 5.24 Å². The summed E-state index contributed by atoms with van der Waals surface area (Å²) in [5.41, 5.74) is 0.887. The van der Waals surface area contributed by atoms with Crippen molar-refractivity contribution in [1.29, 1.82) is 0 Å². The number of halogens is 2. The third kappa shape index (κ3) is 2.19. The van der Waals surface area contributed by atoms with Crippen LogP contribution in [0.2, 0.25) is 5.02 Å². The summed E-state index contributed by atoms with van der Waals surface area (Å²) in [6.45, 7) is 0. The molecule has 76 valence electrons. The van der Waals surface area contributed by atoms with Gasteiger partial charge in [0.05, 0.1) is 0 Å². The number of hydrogen-bond donors (Lipinski definition) is 0. The number of benzene rings is 1. The zero-order valence-electron chi connectivity index (χ0n) is 7.41. The summed E-state index contributed by atoms with van der Waals surface area (Å²) in [5, 5.41) is 3.52. The molecule has 0 saturated carbocycles. The molecule has 0 radical (unpaired) electrons. The molecule has 0 atom stereocenters. The van der Waals surface area contributed by atoms with Crippen molar-refractivity contribution in [3.63, 3.8) is 0 Å². The van der Waals surface area contributed by atoms with Gasteiger partial charge in [-0.1, -0.05) is 16.8 Å². The van der Waals surface area contributed by atoms with Crippen LogP contribution in [0.25, 0.3) is 11.3 Å². The topological polar surface area (TPSA) is 43.1 Å². The smallest absolute Gasteiger partial charge is 0.274 e. The van der Waals surface area contributed by atoms with Gasteiger partial charge in [-0.25, -0.2) is 0 Å². The summed E-state index contributed by atoms with van der Waals surface area (Å²) in [6.07, 6.45) is 0. The van der Waals surface area contributed by atoms with Crippen LogP contribution in [0.15, 0.2) is 34.9 Å². The Morgan fingerprint density at radius 3 is 2.47 bits per heavy atom. The van der Waals surface area contributed by atoms with Crippen LogP contribution in [-0.2, 0) is 0 Å². The highest BCUT2D eigenvalue weighted by Crippen LogP contribution is 2.22. The standard InChI is InChI=1S/C10H5Cl2NO2/c11-7-3-1-6(2-4-7)9-5-8(10(12)14)13-15-9/h1-5H. The molecule has 0 unspecified atom stereocenters. The Kier molecular flexibility index (Phi) is 2.75. The van der Waals surface area contributed by atoms with Crippen LogP contribution >= 0.6 is 23.2 Å². The Morgan fingerprint density at radius 1 is 1.27 bits per heavy atom. The molecule has 0 N–H and O–H groups in total. The van der Waals surface area contributed by atoms with Crippen LogP contribution in [-0.4, -0.2) is 10.4 Å². The fourth-order valence-electron chi connectivity index (χ4n) is 1.12. The van der Waals surface area contributed by atoms with Gasteiger partial charge in [0.15, 0.2) is 11.5 Å². The molecule has 1 heterocycles. The van der Waals surface area contributed by atoms with E-state index < -0.39 is 5.24 Å². The van der Waals surface area contributed by atoms with E-state index in [1.54, 1.807) is 24.3 Å². The molecule has 0 amide bonds. The molecule has 1 aromatic carbocycles. The lowest BCUT2D eigenvalue weighted by Gasteiger charge is -1.93. The quantitative estimate of drug-likeness (QED) is 0.758. The molecular formula is C10H5Cl2NO2. The lowest BCUT2D eigenvalue weighted by molar-refractivity contribution is 0.107. The molecule has 15 heavy (non-hydrogen) atoms. The van der Waals surface area contributed by atoms with Crippen molar-refractivity contribution in [3.8, 4) is 11.3 Å². The molecule has 2 rings (SSSR count). The predicted octanol–water partition coefficient (Wildman–Crippen LogP) is 3.37. The zero-order chi connectivity index (χ0) is 10.8. The van der Waals surface area contributed by atoms with Crippen molar-refractivity contribution in [2.75, 3.05) is 0 Å². The zero-order valence-corrected chi connectivity index (χ0v) is 8.92. The van der Waals surface area contributed by atoms with Crippen LogP contribution in [0.4, 0.5) is 0 Å². The van der Waals surface area contributed by atoms with E-state index >= 15 is 0 Å². The highest BCUT2D eigenvalue weighted by molar-refractivity contribution is 6.67. The normalized spacial score (nSPS) is 10.3. The Morgan fingerprint density at radius 2 is 1.93 bits per heavy atom. The molecule has 3 nitrogen and oxygen atoms in total. The second-order valence-corrected chi connectivity index (χ2v) is 3.64. The number of nitrogens with zero attached hydrogens (tertiary/aromatic N) is 1. The summed E-state index contributed by atoms with van der Waals surface area (Å²) in [5.74, 6) is 0.482. The molecule has 1 aromatic heterocycles. The van der Waals surface area contributed by atoms with Gasteiger partial charge >= 0.3 is 0 Å². The van der Waals surface area contributed by atoms with E-state index in [1.807, 2.05) is 0 Å². The van der Waals surface area contributed by atoms with Crippen LogP contribution < -0.4 is 0 Å². The average Bonchev–Trinajstić information content (AvgIpc) is 2.68. The minimum atomic E-state index is -0.640. The summed E-state index contributed by atoms with van der Waals surface area (Å²) in [4.78, 5) is 10.8. The molecule has 0 bridgehead atoms. The fourth-order valence-corrected chi connectivity index (χ4v) is 1.33. The van der Waals surface area contributed by atoms with E-state index in [0.29, 0.717) is 10.8 Å². The Bertz CT molecular complexity index is 490. The van der Waals surface area contributed by atoms with Crippen LogP contribution in [0.3, 0.4) is 0 Å². The second kappa shape index (κ2) is 4.04. The van der Waals surface area contributed by atoms with Gasteiger partial charge in [-0.3, -0.25) is 4.79 Å². The maximum absolute atomic E-state index is 10.8. The van der Waals surface area contributed by atoms with Gasteiger partial charge in [-0.05, 0) is 35.9 Å². The highest BCUT2D eigenvalue weighted by atomic mass is 35.5. The molecule has 0 aliphatic heterocycles. The minimum Gasteiger partial charge on any atom is -0.356 e. The van der Waals surface area contributed by atoms with E-state index in [4.69, 9.17) is 27.7 Å². The first kappa shape index (κ1) is 10.2. The number of aromatic nitrogens is 1. The lowest BCUT2D eigenvalue weighted by atomic mass is 10.2. The highest BCUT2D eigenvalue weighted by Gasteiger charge is 2.10. The van der Waals surface area contributed by atoms with Gasteiger partial charge in [0, 0.05) is 16.7 Å². The van der Waals surface area contributed by atoms with Crippen molar-refractivity contribution >= 4 is 28.4 Å². The third-order valence-electron chi connectivity index (χ3n) is 1.84. The molecular weight excluding hydrogens is 237 g/mol. The lowest BCUT2D eigenvalue weighted by Crippen LogP contribution is -1.85. The number of carbonyl (C=O) groups is 1. The van der Waals surface area contributed by atoms with E-state index in [-0.39, 0.29) is 5.69 Å². The first-order valence-electron chi connectivity index (χ1n) is 4.09. The van der Waals surface area contributed by atoms with Gasteiger partial charge in [-0.15, -0.1) is 0 Å². The van der Waals surface area contributed by atoms with E-state index in [1.165, 1.54) is 6.07 Å². The number of hydrogen-bond acceptors (Lipinski definition) is 3. The Hall–Kier alpha value is -1.32. The minimum absolute atomic E-state index is 0.0987. The number of rotatable bonds is 2. The molecule has 2 aromatic rings. The molecule has 0 aliphatic carbocycles. The monoisotopic (exact) mass is 241 g/mol. The van der Waals surface area contributed by atoms with Crippen molar-refractivity contribution < 1.29 is 9.32 Å². The van der Waals surface area contributed by atoms with Crippen molar-refractivity contribution in [3.05, 3.63) is 41.0 Å². The average molecular weight is 242 g/mol. The van der Waals surface area contributed by atoms with Crippen LogP contribution in [0.1, 0.15) is 10.5 Å². The molecule has 0 saturated heterocycles. The molecule has 0 fully saturated rings.